The number of carbonyl (C=O) groups excluding carboxylic acids is 1. The molecule has 0 spiro atoms. The van der Waals surface area contributed by atoms with Crippen LogP contribution in [0, 0.1) is 11.3 Å². The number of hydrogen-bond donors (Lipinski definition) is 1. The fourth-order valence-corrected chi connectivity index (χ4v) is 2.76. The van der Waals surface area contributed by atoms with Crippen LogP contribution in [-0.4, -0.2) is 36.2 Å². The van der Waals surface area contributed by atoms with Crippen LogP contribution in [0.5, 0.6) is 0 Å². The van der Waals surface area contributed by atoms with Gasteiger partial charge in [0.15, 0.2) is 0 Å². The molecule has 2 rings (SSSR count). The Bertz CT molecular complexity index is 294. The van der Waals surface area contributed by atoms with E-state index in [0.717, 1.165) is 19.5 Å². The van der Waals surface area contributed by atoms with Gasteiger partial charge in [-0.15, -0.1) is 0 Å². The highest BCUT2D eigenvalue weighted by Crippen LogP contribution is 2.51. The van der Waals surface area contributed by atoms with Crippen molar-refractivity contribution in [3.63, 3.8) is 0 Å². The number of amides is 1. The van der Waals surface area contributed by atoms with Gasteiger partial charge in [-0.05, 0) is 46.1 Å². The molecule has 0 unspecified atom stereocenters. The van der Waals surface area contributed by atoms with Crippen molar-refractivity contribution in [2.24, 2.45) is 17.1 Å². The molecule has 1 amide bonds. The van der Waals surface area contributed by atoms with Gasteiger partial charge in [0.05, 0.1) is 0 Å². The van der Waals surface area contributed by atoms with Crippen molar-refractivity contribution in [1.82, 2.24) is 4.90 Å². The summed E-state index contributed by atoms with van der Waals surface area (Å²) >= 11 is 0. The lowest BCUT2D eigenvalue weighted by molar-refractivity contribution is 0.0272. The van der Waals surface area contributed by atoms with Crippen molar-refractivity contribution in [2.45, 2.75) is 39.2 Å². The third-order valence-electron chi connectivity index (χ3n) is 3.86. The Kier molecular flexibility index (Phi) is 2.65. The zero-order valence-corrected chi connectivity index (χ0v) is 10.5. The highest BCUT2D eigenvalue weighted by molar-refractivity contribution is 5.68. The summed E-state index contributed by atoms with van der Waals surface area (Å²) < 4.78 is 5.38. The lowest BCUT2D eigenvalue weighted by Crippen LogP contribution is -2.45. The highest BCUT2D eigenvalue weighted by atomic mass is 16.6. The number of rotatable bonds is 1. The molecule has 1 aliphatic heterocycles. The predicted molar refractivity (Wildman–Crippen MR) is 62.0 cm³/mol. The molecule has 4 heteroatoms. The molecule has 2 fully saturated rings. The minimum absolute atomic E-state index is 0.185. The van der Waals surface area contributed by atoms with E-state index in [4.69, 9.17) is 10.5 Å². The summed E-state index contributed by atoms with van der Waals surface area (Å²) in [6.45, 7) is 7.99. The minimum atomic E-state index is -0.408. The number of hydrogen-bond acceptors (Lipinski definition) is 3. The van der Waals surface area contributed by atoms with Crippen LogP contribution in [0.1, 0.15) is 33.6 Å². The first-order valence-corrected chi connectivity index (χ1v) is 6.04. The predicted octanol–water partition coefficient (Wildman–Crippen LogP) is 1.59. The van der Waals surface area contributed by atoms with E-state index in [-0.39, 0.29) is 11.5 Å². The fourth-order valence-electron chi connectivity index (χ4n) is 2.76. The monoisotopic (exact) mass is 226 g/mol. The molecular formula is C12H22N2O2. The van der Waals surface area contributed by atoms with Crippen molar-refractivity contribution in [1.29, 1.82) is 0 Å². The van der Waals surface area contributed by atoms with E-state index in [9.17, 15) is 4.79 Å². The molecule has 2 N–H and O–H groups in total. The molecule has 0 aromatic rings. The van der Waals surface area contributed by atoms with Crippen LogP contribution < -0.4 is 5.73 Å². The largest absolute Gasteiger partial charge is 0.444 e. The topological polar surface area (TPSA) is 55.6 Å². The molecular weight excluding hydrogens is 204 g/mol. The second kappa shape index (κ2) is 3.62. The van der Waals surface area contributed by atoms with Crippen molar-refractivity contribution >= 4 is 6.09 Å². The summed E-state index contributed by atoms with van der Waals surface area (Å²) in [5.41, 5.74) is 5.62. The normalized spacial score (nSPS) is 33.2. The van der Waals surface area contributed by atoms with Gasteiger partial charge >= 0.3 is 6.09 Å². The molecule has 2 aliphatic rings. The molecule has 2 atom stereocenters. The van der Waals surface area contributed by atoms with Gasteiger partial charge in [-0.2, -0.15) is 0 Å². The van der Waals surface area contributed by atoms with E-state index in [1.165, 1.54) is 6.42 Å². The minimum Gasteiger partial charge on any atom is -0.444 e. The average molecular weight is 226 g/mol. The summed E-state index contributed by atoms with van der Waals surface area (Å²) in [6.07, 6.45) is 2.18. The third kappa shape index (κ3) is 1.90. The zero-order valence-electron chi connectivity index (χ0n) is 10.5. The first kappa shape index (κ1) is 11.7. The lowest BCUT2D eigenvalue weighted by atomic mass is 9.62. The SMILES string of the molecule is CC(C)(C)OC(=O)N1C[C@H]2CC[C@]2(CN)C1. The molecule has 0 aromatic carbocycles. The molecule has 0 radical (unpaired) electrons. The van der Waals surface area contributed by atoms with Crippen LogP contribution in [0.15, 0.2) is 0 Å². The maximum atomic E-state index is 11.9. The molecule has 16 heavy (non-hydrogen) atoms. The zero-order chi connectivity index (χ0) is 12.0. The van der Waals surface area contributed by atoms with Gasteiger partial charge < -0.3 is 15.4 Å². The Hall–Kier alpha value is -0.770. The van der Waals surface area contributed by atoms with Crippen molar-refractivity contribution in [3.05, 3.63) is 0 Å². The number of nitrogens with two attached hydrogens (primary N) is 1. The summed E-state index contributed by atoms with van der Waals surface area (Å²) in [7, 11) is 0. The van der Waals surface area contributed by atoms with Crippen LogP contribution >= 0.6 is 0 Å². The molecule has 1 saturated heterocycles. The van der Waals surface area contributed by atoms with E-state index >= 15 is 0 Å². The van der Waals surface area contributed by atoms with Crippen LogP contribution in [-0.2, 0) is 4.74 Å². The third-order valence-corrected chi connectivity index (χ3v) is 3.86. The maximum Gasteiger partial charge on any atom is 0.410 e. The summed E-state index contributed by atoms with van der Waals surface area (Å²) in [5.74, 6) is 0.602. The van der Waals surface area contributed by atoms with Crippen LogP contribution in [0.3, 0.4) is 0 Å². The van der Waals surface area contributed by atoms with Gasteiger partial charge in [0.1, 0.15) is 5.60 Å². The summed E-state index contributed by atoms with van der Waals surface area (Å²) in [4.78, 5) is 13.7. The second-order valence-corrected chi connectivity index (χ2v) is 6.16. The van der Waals surface area contributed by atoms with E-state index in [2.05, 4.69) is 0 Å². The second-order valence-electron chi connectivity index (χ2n) is 6.16. The number of likely N-dealkylation sites (tertiary alicyclic amines) is 1. The molecule has 1 heterocycles. The first-order chi connectivity index (χ1) is 7.36. The Morgan fingerprint density at radius 2 is 2.25 bits per heavy atom. The van der Waals surface area contributed by atoms with Crippen LogP contribution in [0.4, 0.5) is 4.79 Å². The Balaban J connectivity index is 1.96. The van der Waals surface area contributed by atoms with Crippen LogP contribution in [0.2, 0.25) is 0 Å². The molecule has 92 valence electrons. The number of ether oxygens (including phenoxy) is 1. The van der Waals surface area contributed by atoms with Crippen LogP contribution in [0.25, 0.3) is 0 Å². The Morgan fingerprint density at radius 3 is 2.62 bits per heavy atom. The van der Waals surface area contributed by atoms with Crippen molar-refractivity contribution in [3.8, 4) is 0 Å². The van der Waals surface area contributed by atoms with Gasteiger partial charge in [-0.1, -0.05) is 0 Å². The number of fused-ring (bicyclic) bond motifs is 1. The van der Waals surface area contributed by atoms with Gasteiger partial charge in [0, 0.05) is 18.5 Å². The van der Waals surface area contributed by atoms with E-state index in [1.807, 2.05) is 25.7 Å². The van der Waals surface area contributed by atoms with Crippen molar-refractivity contribution < 1.29 is 9.53 Å². The summed E-state index contributed by atoms with van der Waals surface area (Å²) in [6, 6.07) is 0. The molecule has 0 bridgehead atoms. The Morgan fingerprint density at radius 1 is 1.56 bits per heavy atom. The average Bonchev–Trinajstić information content (AvgIpc) is 2.37. The van der Waals surface area contributed by atoms with Gasteiger partial charge in [-0.25, -0.2) is 4.79 Å². The van der Waals surface area contributed by atoms with Gasteiger partial charge in [0.2, 0.25) is 0 Å². The number of carbonyl (C=O) groups is 1. The smallest absolute Gasteiger partial charge is 0.410 e. The van der Waals surface area contributed by atoms with Gasteiger partial charge in [-0.3, -0.25) is 0 Å². The van der Waals surface area contributed by atoms with E-state index in [0.29, 0.717) is 12.5 Å². The highest BCUT2D eigenvalue weighted by Gasteiger charge is 2.53. The lowest BCUT2D eigenvalue weighted by Gasteiger charge is -2.42. The summed E-state index contributed by atoms with van der Waals surface area (Å²) in [5, 5.41) is 0. The maximum absolute atomic E-state index is 11.9. The standard InChI is InChI=1S/C12H22N2O2/c1-11(2,3)16-10(15)14-6-9-4-5-12(9,7-13)8-14/h9H,4-8,13H2,1-3H3/t9-,12+/m1/s1. The van der Waals surface area contributed by atoms with Gasteiger partial charge in [0.25, 0.3) is 0 Å². The molecule has 1 aliphatic carbocycles. The Labute approximate surface area is 97.1 Å². The quantitative estimate of drug-likeness (QED) is 0.738. The molecule has 0 aromatic heterocycles. The van der Waals surface area contributed by atoms with E-state index in [1.54, 1.807) is 0 Å². The number of nitrogens with zero attached hydrogens (tertiary/aromatic N) is 1. The van der Waals surface area contributed by atoms with E-state index < -0.39 is 5.60 Å². The molecule has 4 nitrogen and oxygen atoms in total. The van der Waals surface area contributed by atoms with Crippen molar-refractivity contribution in [2.75, 3.05) is 19.6 Å². The first-order valence-electron chi connectivity index (χ1n) is 6.04. The molecule has 1 saturated carbocycles. The fraction of sp³-hybridized carbons (Fsp3) is 0.917.